The molecule has 0 amide bonds. The fourth-order valence-electron chi connectivity index (χ4n) is 2.36. The minimum absolute atomic E-state index is 0.511. The van der Waals surface area contributed by atoms with Gasteiger partial charge in [0.1, 0.15) is 12.4 Å². The summed E-state index contributed by atoms with van der Waals surface area (Å²) in [7, 11) is 0. The van der Waals surface area contributed by atoms with Crippen molar-refractivity contribution >= 4 is 5.69 Å². The van der Waals surface area contributed by atoms with E-state index in [-0.39, 0.29) is 0 Å². The van der Waals surface area contributed by atoms with Gasteiger partial charge in [0.15, 0.2) is 0 Å². The van der Waals surface area contributed by atoms with Gasteiger partial charge >= 0.3 is 0 Å². The first-order valence-corrected chi connectivity index (χ1v) is 7.21. The van der Waals surface area contributed by atoms with E-state index in [0.717, 1.165) is 28.0 Å². The molecule has 0 fully saturated rings. The first-order valence-electron chi connectivity index (χ1n) is 7.21. The Morgan fingerprint density at radius 2 is 1.82 bits per heavy atom. The highest BCUT2D eigenvalue weighted by Crippen LogP contribution is 2.33. The van der Waals surface area contributed by atoms with E-state index >= 15 is 0 Å². The molecule has 2 N–H and O–H groups in total. The molecule has 22 heavy (non-hydrogen) atoms. The summed E-state index contributed by atoms with van der Waals surface area (Å²) in [6, 6.07) is 17.8. The Labute approximate surface area is 130 Å². The van der Waals surface area contributed by atoms with Gasteiger partial charge in [0.25, 0.3) is 0 Å². The monoisotopic (exact) mass is 290 g/mol. The third-order valence-electron chi connectivity index (χ3n) is 3.57. The van der Waals surface area contributed by atoms with Crippen LogP contribution in [-0.4, -0.2) is 4.98 Å². The zero-order valence-corrected chi connectivity index (χ0v) is 12.5. The fraction of sp³-hybridized carbons (Fsp3) is 0.105. The lowest BCUT2D eigenvalue weighted by atomic mass is 10.0. The van der Waals surface area contributed by atoms with Crippen LogP contribution in [0.4, 0.5) is 5.69 Å². The Kier molecular flexibility index (Phi) is 4.05. The average molecular weight is 290 g/mol. The summed E-state index contributed by atoms with van der Waals surface area (Å²) in [6.45, 7) is 2.57. The minimum atomic E-state index is 0.511. The highest BCUT2D eigenvalue weighted by atomic mass is 16.5. The van der Waals surface area contributed by atoms with E-state index in [1.54, 1.807) is 6.20 Å². The van der Waals surface area contributed by atoms with Gasteiger partial charge in [-0.25, -0.2) is 0 Å². The molecule has 3 nitrogen and oxygen atoms in total. The number of aryl methyl sites for hydroxylation is 1. The largest absolute Gasteiger partial charge is 0.488 e. The Balaban J connectivity index is 1.93. The molecule has 0 radical (unpaired) electrons. The summed E-state index contributed by atoms with van der Waals surface area (Å²) in [5, 5.41) is 0. The molecule has 0 saturated carbocycles. The molecule has 3 rings (SSSR count). The molecule has 1 aromatic heterocycles. The van der Waals surface area contributed by atoms with Gasteiger partial charge in [-0.05, 0) is 36.2 Å². The van der Waals surface area contributed by atoms with Gasteiger partial charge in [-0.15, -0.1) is 0 Å². The molecule has 110 valence electrons. The van der Waals surface area contributed by atoms with Crippen molar-refractivity contribution in [2.75, 3.05) is 5.73 Å². The van der Waals surface area contributed by atoms with Crippen LogP contribution < -0.4 is 10.5 Å². The van der Waals surface area contributed by atoms with Crippen molar-refractivity contribution in [3.8, 4) is 16.9 Å². The number of pyridine rings is 1. The second-order valence-corrected chi connectivity index (χ2v) is 5.22. The maximum atomic E-state index is 6.01. The number of nitrogen functional groups attached to an aromatic ring is 1. The van der Waals surface area contributed by atoms with Crippen LogP contribution in [0.5, 0.6) is 5.75 Å². The summed E-state index contributed by atoms with van der Waals surface area (Å²) in [5.41, 5.74) is 11.0. The predicted octanol–water partition coefficient (Wildman–Crippen LogP) is 4.22. The Morgan fingerprint density at radius 1 is 1.00 bits per heavy atom. The van der Waals surface area contributed by atoms with E-state index in [0.29, 0.717) is 12.3 Å². The molecule has 3 aromatic rings. The average Bonchev–Trinajstić information content (AvgIpc) is 2.55. The molecule has 0 spiro atoms. The first-order chi connectivity index (χ1) is 10.7. The standard InChI is InChI=1S/C19H18N2O/c1-14-9-10-21-12-18(14)17-8-7-16(20)11-19(17)22-13-15-5-3-2-4-6-15/h2-12H,13,20H2,1H3. The van der Waals surface area contributed by atoms with Crippen LogP contribution in [0, 0.1) is 6.92 Å². The van der Waals surface area contributed by atoms with Crippen LogP contribution in [0.25, 0.3) is 11.1 Å². The minimum Gasteiger partial charge on any atom is -0.488 e. The van der Waals surface area contributed by atoms with Crippen LogP contribution in [-0.2, 0) is 6.61 Å². The molecule has 0 saturated heterocycles. The SMILES string of the molecule is Cc1ccncc1-c1ccc(N)cc1OCc1ccccc1. The third kappa shape index (κ3) is 3.09. The zero-order chi connectivity index (χ0) is 15.4. The van der Waals surface area contributed by atoms with Gasteiger partial charge in [-0.3, -0.25) is 4.98 Å². The molecule has 0 aliphatic rings. The molecule has 0 atom stereocenters. The van der Waals surface area contributed by atoms with Gasteiger partial charge in [-0.1, -0.05) is 30.3 Å². The van der Waals surface area contributed by atoms with E-state index in [9.17, 15) is 0 Å². The highest BCUT2D eigenvalue weighted by Gasteiger charge is 2.10. The lowest BCUT2D eigenvalue weighted by Gasteiger charge is -2.14. The maximum absolute atomic E-state index is 6.01. The topological polar surface area (TPSA) is 48.1 Å². The molecular formula is C19H18N2O. The summed E-state index contributed by atoms with van der Waals surface area (Å²) < 4.78 is 6.01. The molecule has 2 aromatic carbocycles. The molecule has 0 aliphatic carbocycles. The number of hydrogen-bond donors (Lipinski definition) is 1. The van der Waals surface area contributed by atoms with Crippen LogP contribution >= 0.6 is 0 Å². The number of aromatic nitrogens is 1. The van der Waals surface area contributed by atoms with Crippen LogP contribution in [0.1, 0.15) is 11.1 Å². The lowest BCUT2D eigenvalue weighted by molar-refractivity contribution is 0.307. The quantitative estimate of drug-likeness (QED) is 0.732. The number of ether oxygens (including phenoxy) is 1. The van der Waals surface area contributed by atoms with Crippen LogP contribution in [0.15, 0.2) is 67.0 Å². The summed E-state index contributed by atoms with van der Waals surface area (Å²) in [4.78, 5) is 4.22. The van der Waals surface area contributed by atoms with Crippen molar-refractivity contribution in [1.29, 1.82) is 0 Å². The molecular weight excluding hydrogens is 272 g/mol. The van der Waals surface area contributed by atoms with Gasteiger partial charge < -0.3 is 10.5 Å². The number of anilines is 1. The summed E-state index contributed by atoms with van der Waals surface area (Å²) >= 11 is 0. The lowest BCUT2D eigenvalue weighted by Crippen LogP contribution is -1.99. The van der Waals surface area contributed by atoms with Crippen molar-refractivity contribution in [2.45, 2.75) is 13.5 Å². The normalized spacial score (nSPS) is 10.4. The van der Waals surface area contributed by atoms with Crippen molar-refractivity contribution in [3.63, 3.8) is 0 Å². The number of benzene rings is 2. The Morgan fingerprint density at radius 3 is 2.59 bits per heavy atom. The Hall–Kier alpha value is -2.81. The first kappa shape index (κ1) is 14.1. The predicted molar refractivity (Wildman–Crippen MR) is 89.6 cm³/mol. The van der Waals surface area contributed by atoms with Gasteiger partial charge in [0, 0.05) is 35.3 Å². The molecule has 0 aliphatic heterocycles. The second-order valence-electron chi connectivity index (χ2n) is 5.22. The fourth-order valence-corrected chi connectivity index (χ4v) is 2.36. The molecule has 3 heteroatoms. The number of nitrogens with two attached hydrogens (primary N) is 1. The van der Waals surface area contributed by atoms with Crippen LogP contribution in [0.3, 0.4) is 0 Å². The van der Waals surface area contributed by atoms with E-state index in [4.69, 9.17) is 10.5 Å². The smallest absolute Gasteiger partial charge is 0.129 e. The highest BCUT2D eigenvalue weighted by molar-refractivity contribution is 5.74. The molecule has 0 unspecified atom stereocenters. The van der Waals surface area contributed by atoms with Gasteiger partial charge in [0.05, 0.1) is 0 Å². The van der Waals surface area contributed by atoms with Gasteiger partial charge in [0.2, 0.25) is 0 Å². The van der Waals surface area contributed by atoms with E-state index < -0.39 is 0 Å². The summed E-state index contributed by atoms with van der Waals surface area (Å²) in [5.74, 6) is 0.778. The number of nitrogens with zero attached hydrogens (tertiary/aromatic N) is 1. The number of rotatable bonds is 4. The molecule has 0 bridgehead atoms. The van der Waals surface area contributed by atoms with Crippen molar-refractivity contribution in [2.24, 2.45) is 0 Å². The van der Waals surface area contributed by atoms with Crippen molar-refractivity contribution in [1.82, 2.24) is 4.98 Å². The second kappa shape index (κ2) is 6.31. The maximum Gasteiger partial charge on any atom is 0.129 e. The third-order valence-corrected chi connectivity index (χ3v) is 3.57. The summed E-state index contributed by atoms with van der Waals surface area (Å²) in [6.07, 6.45) is 3.65. The van der Waals surface area contributed by atoms with Crippen molar-refractivity contribution in [3.05, 3.63) is 78.1 Å². The number of hydrogen-bond acceptors (Lipinski definition) is 3. The molecule has 1 heterocycles. The van der Waals surface area contributed by atoms with E-state index in [1.165, 1.54) is 0 Å². The van der Waals surface area contributed by atoms with Crippen molar-refractivity contribution < 1.29 is 4.74 Å². The van der Waals surface area contributed by atoms with E-state index in [2.05, 4.69) is 11.9 Å². The zero-order valence-electron chi connectivity index (χ0n) is 12.5. The van der Waals surface area contributed by atoms with Crippen LogP contribution in [0.2, 0.25) is 0 Å². The Bertz CT molecular complexity index is 769. The van der Waals surface area contributed by atoms with E-state index in [1.807, 2.05) is 60.8 Å². The van der Waals surface area contributed by atoms with Gasteiger partial charge in [-0.2, -0.15) is 0 Å².